The van der Waals surface area contributed by atoms with E-state index in [1.807, 2.05) is 13.2 Å². The molecular weight excluding hydrogens is 226 g/mol. The fraction of sp³-hybridized carbons (Fsp3) is 0.786. The van der Waals surface area contributed by atoms with Crippen molar-refractivity contribution >= 4 is 0 Å². The Hall–Kier alpha value is -1.03. The predicted octanol–water partition coefficient (Wildman–Crippen LogP) is 2.61. The van der Waals surface area contributed by atoms with Crippen molar-refractivity contribution in [2.45, 2.75) is 45.7 Å². The minimum atomic E-state index is 0.347. The van der Waals surface area contributed by atoms with E-state index in [2.05, 4.69) is 28.9 Å². The minimum absolute atomic E-state index is 0.347. The zero-order valence-corrected chi connectivity index (χ0v) is 11.9. The SMILES string of the molecule is CCn1ncc(OC)c1C(NC)C1CCCC1C. The van der Waals surface area contributed by atoms with Crippen molar-refractivity contribution in [1.82, 2.24) is 15.1 Å². The molecule has 3 atom stereocenters. The van der Waals surface area contributed by atoms with Gasteiger partial charge < -0.3 is 10.1 Å². The number of hydrogen-bond donors (Lipinski definition) is 1. The number of rotatable bonds is 5. The zero-order valence-electron chi connectivity index (χ0n) is 11.9. The fourth-order valence-corrected chi connectivity index (χ4v) is 3.32. The molecule has 2 rings (SSSR count). The molecule has 102 valence electrons. The molecule has 0 radical (unpaired) electrons. The average molecular weight is 251 g/mol. The standard InChI is InChI=1S/C14H25N3O/c1-5-17-14(12(18-4)9-16-17)13(15-3)11-8-6-7-10(11)2/h9-11,13,15H,5-8H2,1-4H3. The number of methoxy groups -OCH3 is 1. The average Bonchev–Trinajstić information content (AvgIpc) is 2.98. The highest BCUT2D eigenvalue weighted by Crippen LogP contribution is 2.42. The third kappa shape index (κ3) is 2.26. The summed E-state index contributed by atoms with van der Waals surface area (Å²) in [4.78, 5) is 0. The first-order valence-electron chi connectivity index (χ1n) is 6.99. The van der Waals surface area contributed by atoms with Gasteiger partial charge in [0, 0.05) is 6.54 Å². The Morgan fingerprint density at radius 1 is 1.56 bits per heavy atom. The van der Waals surface area contributed by atoms with E-state index in [1.54, 1.807) is 7.11 Å². The van der Waals surface area contributed by atoms with E-state index in [0.29, 0.717) is 12.0 Å². The topological polar surface area (TPSA) is 39.1 Å². The second kappa shape index (κ2) is 5.74. The summed E-state index contributed by atoms with van der Waals surface area (Å²) in [6.45, 7) is 5.37. The molecule has 0 spiro atoms. The molecule has 1 saturated carbocycles. The molecule has 0 saturated heterocycles. The molecule has 1 N–H and O–H groups in total. The van der Waals surface area contributed by atoms with Gasteiger partial charge in [0.25, 0.3) is 0 Å². The monoisotopic (exact) mass is 251 g/mol. The third-order valence-corrected chi connectivity index (χ3v) is 4.33. The third-order valence-electron chi connectivity index (χ3n) is 4.33. The van der Waals surface area contributed by atoms with E-state index in [1.165, 1.54) is 25.0 Å². The van der Waals surface area contributed by atoms with Crippen LogP contribution in [0.1, 0.15) is 44.8 Å². The fourth-order valence-electron chi connectivity index (χ4n) is 3.32. The summed E-state index contributed by atoms with van der Waals surface area (Å²) in [6.07, 6.45) is 5.81. The molecular formula is C14H25N3O. The summed E-state index contributed by atoms with van der Waals surface area (Å²) in [5, 5.41) is 7.91. The van der Waals surface area contributed by atoms with Gasteiger partial charge in [-0.25, -0.2) is 0 Å². The van der Waals surface area contributed by atoms with E-state index < -0.39 is 0 Å². The smallest absolute Gasteiger partial charge is 0.161 e. The van der Waals surface area contributed by atoms with E-state index >= 15 is 0 Å². The molecule has 1 aliphatic carbocycles. The van der Waals surface area contributed by atoms with Crippen LogP contribution in [0.5, 0.6) is 5.75 Å². The van der Waals surface area contributed by atoms with Gasteiger partial charge in [-0.3, -0.25) is 4.68 Å². The largest absolute Gasteiger partial charge is 0.493 e. The second-order valence-corrected chi connectivity index (χ2v) is 5.25. The molecule has 0 aromatic carbocycles. The van der Waals surface area contributed by atoms with Crippen LogP contribution in [-0.4, -0.2) is 23.9 Å². The maximum atomic E-state index is 5.48. The minimum Gasteiger partial charge on any atom is -0.493 e. The highest BCUT2D eigenvalue weighted by Gasteiger charge is 2.34. The van der Waals surface area contributed by atoms with Crippen molar-refractivity contribution in [3.63, 3.8) is 0 Å². The normalized spacial score (nSPS) is 25.3. The molecule has 1 aromatic heterocycles. The summed E-state index contributed by atoms with van der Waals surface area (Å²) < 4.78 is 7.54. The summed E-state index contributed by atoms with van der Waals surface area (Å²) in [7, 11) is 3.77. The van der Waals surface area contributed by atoms with Crippen LogP contribution >= 0.6 is 0 Å². The Morgan fingerprint density at radius 3 is 2.83 bits per heavy atom. The highest BCUT2D eigenvalue weighted by molar-refractivity contribution is 5.29. The van der Waals surface area contributed by atoms with Gasteiger partial charge in [0.1, 0.15) is 0 Å². The lowest BCUT2D eigenvalue weighted by atomic mass is 9.88. The Morgan fingerprint density at radius 2 is 2.33 bits per heavy atom. The van der Waals surface area contributed by atoms with Gasteiger partial charge in [0.05, 0.1) is 25.0 Å². The molecule has 1 heterocycles. The number of nitrogens with one attached hydrogen (secondary N) is 1. The molecule has 0 bridgehead atoms. The number of aryl methyl sites for hydroxylation is 1. The quantitative estimate of drug-likeness (QED) is 0.874. The van der Waals surface area contributed by atoms with Crippen LogP contribution in [-0.2, 0) is 6.54 Å². The molecule has 4 nitrogen and oxygen atoms in total. The number of ether oxygens (including phenoxy) is 1. The Kier molecular flexibility index (Phi) is 4.27. The van der Waals surface area contributed by atoms with Gasteiger partial charge in [0.2, 0.25) is 0 Å². The van der Waals surface area contributed by atoms with Crippen LogP contribution in [0.15, 0.2) is 6.20 Å². The molecule has 4 heteroatoms. The summed E-state index contributed by atoms with van der Waals surface area (Å²) >= 11 is 0. The molecule has 0 aliphatic heterocycles. The van der Waals surface area contributed by atoms with Crippen LogP contribution in [0, 0.1) is 11.8 Å². The van der Waals surface area contributed by atoms with Crippen molar-refractivity contribution in [1.29, 1.82) is 0 Å². The lowest BCUT2D eigenvalue weighted by Gasteiger charge is -2.27. The van der Waals surface area contributed by atoms with E-state index in [0.717, 1.165) is 18.2 Å². The van der Waals surface area contributed by atoms with Crippen LogP contribution in [0.3, 0.4) is 0 Å². The van der Waals surface area contributed by atoms with Crippen LogP contribution in [0.2, 0.25) is 0 Å². The van der Waals surface area contributed by atoms with Crippen molar-refractivity contribution < 1.29 is 4.74 Å². The van der Waals surface area contributed by atoms with Gasteiger partial charge in [-0.1, -0.05) is 19.8 Å². The summed E-state index contributed by atoms with van der Waals surface area (Å²) in [5.74, 6) is 2.37. The Balaban J connectivity index is 2.34. The van der Waals surface area contributed by atoms with E-state index in [9.17, 15) is 0 Å². The van der Waals surface area contributed by atoms with E-state index in [4.69, 9.17) is 4.74 Å². The molecule has 1 aromatic rings. The molecule has 18 heavy (non-hydrogen) atoms. The Bertz CT molecular complexity index is 367. The zero-order chi connectivity index (χ0) is 13.1. The first kappa shape index (κ1) is 13.4. The first-order chi connectivity index (χ1) is 8.72. The maximum absolute atomic E-state index is 5.48. The number of hydrogen-bond acceptors (Lipinski definition) is 3. The van der Waals surface area contributed by atoms with Gasteiger partial charge >= 0.3 is 0 Å². The van der Waals surface area contributed by atoms with Gasteiger partial charge in [-0.2, -0.15) is 5.10 Å². The predicted molar refractivity (Wildman–Crippen MR) is 72.8 cm³/mol. The molecule has 1 fully saturated rings. The molecule has 3 unspecified atom stereocenters. The van der Waals surface area contributed by atoms with Crippen molar-refractivity contribution in [3.05, 3.63) is 11.9 Å². The first-order valence-corrected chi connectivity index (χ1v) is 6.99. The van der Waals surface area contributed by atoms with Gasteiger partial charge in [-0.05, 0) is 32.2 Å². The maximum Gasteiger partial charge on any atom is 0.161 e. The number of aromatic nitrogens is 2. The summed E-state index contributed by atoms with van der Waals surface area (Å²) in [5.41, 5.74) is 1.21. The van der Waals surface area contributed by atoms with Crippen molar-refractivity contribution in [3.8, 4) is 5.75 Å². The van der Waals surface area contributed by atoms with Crippen molar-refractivity contribution in [2.75, 3.05) is 14.2 Å². The van der Waals surface area contributed by atoms with Crippen LogP contribution in [0.25, 0.3) is 0 Å². The number of nitrogens with zero attached hydrogens (tertiary/aromatic N) is 2. The Labute approximate surface area is 110 Å². The lowest BCUT2D eigenvalue weighted by Crippen LogP contribution is -2.29. The van der Waals surface area contributed by atoms with Crippen molar-refractivity contribution in [2.24, 2.45) is 11.8 Å². The molecule has 1 aliphatic rings. The van der Waals surface area contributed by atoms with E-state index in [-0.39, 0.29) is 0 Å². The molecule has 0 amide bonds. The van der Waals surface area contributed by atoms with Crippen LogP contribution in [0.4, 0.5) is 0 Å². The van der Waals surface area contributed by atoms with Gasteiger partial charge in [-0.15, -0.1) is 0 Å². The lowest BCUT2D eigenvalue weighted by molar-refractivity contribution is 0.291. The van der Waals surface area contributed by atoms with Crippen LogP contribution < -0.4 is 10.1 Å². The second-order valence-electron chi connectivity index (χ2n) is 5.25. The summed E-state index contributed by atoms with van der Waals surface area (Å²) in [6, 6.07) is 0.347. The highest BCUT2D eigenvalue weighted by atomic mass is 16.5. The van der Waals surface area contributed by atoms with Gasteiger partial charge in [0.15, 0.2) is 5.75 Å².